The van der Waals surface area contributed by atoms with Crippen molar-refractivity contribution in [3.8, 4) is 0 Å². The van der Waals surface area contributed by atoms with Gasteiger partial charge in [0, 0.05) is 19.1 Å². The monoisotopic (exact) mass is 300 g/mol. The van der Waals surface area contributed by atoms with E-state index in [-0.39, 0.29) is 5.25 Å². The minimum atomic E-state index is -3.07. The maximum atomic E-state index is 12.9. The van der Waals surface area contributed by atoms with Gasteiger partial charge in [0.2, 0.25) is 10.0 Å². The second-order valence-corrected chi connectivity index (χ2v) is 9.07. The highest BCUT2D eigenvalue weighted by atomic mass is 32.2. The van der Waals surface area contributed by atoms with Crippen molar-refractivity contribution in [3.05, 3.63) is 0 Å². The average molecular weight is 300 g/mol. The molecule has 2 saturated carbocycles. The summed E-state index contributed by atoms with van der Waals surface area (Å²) in [5.41, 5.74) is 0. The van der Waals surface area contributed by atoms with Gasteiger partial charge in [-0.1, -0.05) is 19.3 Å². The first-order chi connectivity index (χ1) is 9.66. The van der Waals surface area contributed by atoms with Crippen molar-refractivity contribution >= 4 is 10.0 Å². The Kier molecular flexibility index (Phi) is 4.68. The lowest BCUT2D eigenvalue weighted by Crippen LogP contribution is -2.46. The van der Waals surface area contributed by atoms with Crippen LogP contribution in [0, 0.1) is 5.92 Å². The highest BCUT2D eigenvalue weighted by Gasteiger charge is 2.37. The minimum absolute atomic E-state index is 0.101. The fourth-order valence-electron chi connectivity index (χ4n) is 3.60. The summed E-state index contributed by atoms with van der Waals surface area (Å²) in [5.74, 6) is 0.634. The van der Waals surface area contributed by atoms with Crippen molar-refractivity contribution in [3.63, 3.8) is 0 Å². The molecule has 5 heteroatoms. The summed E-state index contributed by atoms with van der Waals surface area (Å²) in [6, 6.07) is 0.382. The zero-order valence-corrected chi connectivity index (χ0v) is 13.2. The summed E-state index contributed by atoms with van der Waals surface area (Å²) in [5, 5.41) is 3.35. The predicted molar refractivity (Wildman–Crippen MR) is 81.1 cm³/mol. The third-order valence-corrected chi connectivity index (χ3v) is 7.41. The first kappa shape index (κ1) is 14.8. The molecule has 4 nitrogen and oxygen atoms in total. The smallest absolute Gasteiger partial charge is 0.217 e. The van der Waals surface area contributed by atoms with Gasteiger partial charge in [-0.25, -0.2) is 8.42 Å². The van der Waals surface area contributed by atoms with Crippen molar-refractivity contribution in [1.82, 2.24) is 9.62 Å². The van der Waals surface area contributed by atoms with Crippen molar-refractivity contribution in [2.45, 2.75) is 69.1 Å². The topological polar surface area (TPSA) is 49.4 Å². The molecule has 1 atom stereocenters. The summed E-state index contributed by atoms with van der Waals surface area (Å²) < 4.78 is 27.7. The quantitative estimate of drug-likeness (QED) is 0.817. The summed E-state index contributed by atoms with van der Waals surface area (Å²) in [7, 11) is -3.07. The van der Waals surface area contributed by atoms with Crippen LogP contribution in [0.2, 0.25) is 0 Å². The van der Waals surface area contributed by atoms with Crippen molar-refractivity contribution in [2.24, 2.45) is 5.92 Å². The molecular weight excluding hydrogens is 272 g/mol. The third-order valence-electron chi connectivity index (χ3n) is 5.08. The van der Waals surface area contributed by atoms with E-state index in [0.29, 0.717) is 18.5 Å². The van der Waals surface area contributed by atoms with Crippen LogP contribution in [0.25, 0.3) is 0 Å². The Labute approximate surface area is 123 Å². The number of nitrogens with zero attached hydrogens (tertiary/aromatic N) is 1. The Morgan fingerprint density at radius 2 is 1.65 bits per heavy atom. The molecule has 20 heavy (non-hydrogen) atoms. The summed E-state index contributed by atoms with van der Waals surface area (Å²) in [4.78, 5) is 0. The molecule has 1 aliphatic heterocycles. The van der Waals surface area contributed by atoms with Crippen LogP contribution in [0.3, 0.4) is 0 Å². The molecule has 3 rings (SSSR count). The van der Waals surface area contributed by atoms with Gasteiger partial charge in [-0.3, -0.25) is 0 Å². The molecule has 0 radical (unpaired) electrons. The average Bonchev–Trinajstić information content (AvgIpc) is 3.13. The van der Waals surface area contributed by atoms with E-state index in [1.54, 1.807) is 0 Å². The van der Waals surface area contributed by atoms with E-state index in [9.17, 15) is 8.42 Å². The van der Waals surface area contributed by atoms with E-state index in [1.807, 2.05) is 4.31 Å². The molecule has 0 aromatic carbocycles. The van der Waals surface area contributed by atoms with E-state index < -0.39 is 10.0 Å². The van der Waals surface area contributed by atoms with Crippen LogP contribution in [0.1, 0.15) is 57.8 Å². The van der Waals surface area contributed by atoms with Crippen LogP contribution in [-0.4, -0.2) is 43.6 Å². The molecule has 1 N–H and O–H groups in total. The Hall–Kier alpha value is -0.130. The Morgan fingerprint density at radius 3 is 2.25 bits per heavy atom. The maximum absolute atomic E-state index is 12.9. The number of hydrogen-bond donors (Lipinski definition) is 1. The fourth-order valence-corrected chi connectivity index (χ4v) is 5.76. The van der Waals surface area contributed by atoms with Gasteiger partial charge in [-0.15, -0.1) is 0 Å². The van der Waals surface area contributed by atoms with Crippen molar-refractivity contribution in [1.29, 1.82) is 0 Å². The Bertz CT molecular complexity index is 408. The van der Waals surface area contributed by atoms with Gasteiger partial charge in [-0.2, -0.15) is 4.31 Å². The van der Waals surface area contributed by atoms with Gasteiger partial charge < -0.3 is 5.32 Å². The first-order valence-corrected chi connectivity index (χ1v) is 9.89. The molecule has 0 aromatic heterocycles. The first-order valence-electron chi connectivity index (χ1n) is 8.38. The lowest BCUT2D eigenvalue weighted by Gasteiger charge is -2.31. The highest BCUT2D eigenvalue weighted by Crippen LogP contribution is 2.33. The maximum Gasteiger partial charge on any atom is 0.217 e. The molecule has 116 valence electrons. The van der Waals surface area contributed by atoms with Gasteiger partial charge in [-0.05, 0) is 51.0 Å². The Morgan fingerprint density at radius 1 is 0.900 bits per heavy atom. The van der Waals surface area contributed by atoms with Crippen LogP contribution < -0.4 is 5.32 Å². The van der Waals surface area contributed by atoms with Gasteiger partial charge in [0.1, 0.15) is 0 Å². The van der Waals surface area contributed by atoms with Crippen LogP contribution >= 0.6 is 0 Å². The fraction of sp³-hybridized carbons (Fsp3) is 1.00. The molecule has 1 unspecified atom stereocenters. The predicted octanol–water partition coefficient (Wildman–Crippen LogP) is 2.11. The van der Waals surface area contributed by atoms with Gasteiger partial charge in [0.05, 0.1) is 5.25 Å². The normalized spacial score (nSPS) is 29.1. The van der Waals surface area contributed by atoms with Gasteiger partial charge in [0.25, 0.3) is 0 Å². The van der Waals surface area contributed by atoms with E-state index >= 15 is 0 Å². The van der Waals surface area contributed by atoms with Crippen molar-refractivity contribution in [2.75, 3.05) is 19.6 Å². The standard InChI is InChI=1S/C15H28N2O2S/c18-20(19,15-6-2-1-3-7-15)17(11-13-8-9-13)12-14-5-4-10-16-14/h13-16H,1-12H2. The van der Waals surface area contributed by atoms with Gasteiger partial charge in [0.15, 0.2) is 0 Å². The number of sulfonamides is 1. The third kappa shape index (κ3) is 3.55. The van der Waals surface area contributed by atoms with Crippen LogP contribution in [0.15, 0.2) is 0 Å². The second kappa shape index (κ2) is 6.32. The minimum Gasteiger partial charge on any atom is -0.313 e. The lowest BCUT2D eigenvalue weighted by atomic mass is 10.0. The van der Waals surface area contributed by atoms with E-state index in [1.165, 1.54) is 25.7 Å². The van der Waals surface area contributed by atoms with Crippen molar-refractivity contribution < 1.29 is 8.42 Å². The summed E-state index contributed by atoms with van der Waals surface area (Å²) in [6.45, 7) is 2.53. The van der Waals surface area contributed by atoms with E-state index in [2.05, 4.69) is 5.32 Å². The zero-order chi connectivity index (χ0) is 14.0. The second-order valence-electron chi connectivity index (χ2n) is 6.86. The molecule has 1 saturated heterocycles. The molecule has 0 aromatic rings. The zero-order valence-electron chi connectivity index (χ0n) is 12.4. The van der Waals surface area contributed by atoms with E-state index in [0.717, 1.165) is 45.2 Å². The molecule has 3 fully saturated rings. The number of hydrogen-bond acceptors (Lipinski definition) is 3. The molecule has 0 amide bonds. The number of rotatable bonds is 6. The van der Waals surface area contributed by atoms with Crippen LogP contribution in [0.5, 0.6) is 0 Å². The Balaban J connectivity index is 1.68. The lowest BCUT2D eigenvalue weighted by molar-refractivity contribution is 0.345. The molecule has 3 aliphatic rings. The SMILES string of the molecule is O=S(=O)(C1CCCCC1)N(CC1CC1)CC1CCCN1. The molecule has 1 heterocycles. The largest absolute Gasteiger partial charge is 0.313 e. The van der Waals surface area contributed by atoms with E-state index in [4.69, 9.17) is 0 Å². The summed E-state index contributed by atoms with van der Waals surface area (Å²) in [6.07, 6.45) is 9.88. The number of nitrogens with one attached hydrogen (secondary N) is 1. The molecular formula is C15H28N2O2S. The molecule has 0 spiro atoms. The highest BCUT2D eigenvalue weighted by molar-refractivity contribution is 7.89. The molecule has 0 bridgehead atoms. The van der Waals surface area contributed by atoms with Crippen LogP contribution in [-0.2, 0) is 10.0 Å². The summed E-state index contributed by atoms with van der Waals surface area (Å²) >= 11 is 0. The molecule has 2 aliphatic carbocycles. The van der Waals surface area contributed by atoms with Crippen LogP contribution in [0.4, 0.5) is 0 Å². The van der Waals surface area contributed by atoms with Gasteiger partial charge >= 0.3 is 0 Å².